The number of piperidine rings is 1. The van der Waals surface area contributed by atoms with Crippen molar-refractivity contribution in [3.05, 3.63) is 65.9 Å². The van der Waals surface area contributed by atoms with Crippen molar-refractivity contribution in [1.29, 1.82) is 5.26 Å². The molecular weight excluding hydrogens is 472 g/mol. The Kier molecular flexibility index (Phi) is 5.97. The van der Waals surface area contributed by atoms with Gasteiger partial charge in [-0.2, -0.15) is 5.26 Å². The zero-order valence-corrected chi connectivity index (χ0v) is 20.4. The van der Waals surface area contributed by atoms with E-state index in [1.54, 1.807) is 16.8 Å². The van der Waals surface area contributed by atoms with Gasteiger partial charge in [0, 0.05) is 44.1 Å². The molecule has 7 nitrogen and oxygen atoms in total. The summed E-state index contributed by atoms with van der Waals surface area (Å²) in [5, 5.41) is 9.21. The maximum absolute atomic E-state index is 15.7. The van der Waals surface area contributed by atoms with Crippen LogP contribution in [-0.4, -0.2) is 46.8 Å². The van der Waals surface area contributed by atoms with Crippen molar-refractivity contribution in [2.45, 2.75) is 31.7 Å². The van der Waals surface area contributed by atoms with E-state index in [1.165, 1.54) is 24.3 Å². The maximum atomic E-state index is 15.7. The average molecular weight is 500 g/mol. The Balaban J connectivity index is 1.56. The molecule has 0 saturated carbocycles. The lowest BCUT2D eigenvalue weighted by molar-refractivity contribution is 0.507. The molecule has 2 aliphatic heterocycles. The summed E-state index contributed by atoms with van der Waals surface area (Å²) in [6, 6.07) is 13.2. The summed E-state index contributed by atoms with van der Waals surface area (Å²) in [5.41, 5.74) is 9.50. The topological polar surface area (TPSA) is 87.0 Å². The van der Waals surface area contributed by atoms with Gasteiger partial charge in [0.25, 0.3) is 0 Å². The first kappa shape index (κ1) is 23.4. The van der Waals surface area contributed by atoms with E-state index in [-0.39, 0.29) is 28.7 Å². The highest BCUT2D eigenvalue weighted by atomic mass is 19.1. The lowest BCUT2D eigenvalue weighted by Crippen LogP contribution is -2.42. The molecule has 2 N–H and O–H groups in total. The van der Waals surface area contributed by atoms with E-state index < -0.39 is 11.6 Å². The molecular formula is C28H27F2N7. The predicted molar refractivity (Wildman–Crippen MR) is 140 cm³/mol. The Hall–Kier alpha value is -4.03. The van der Waals surface area contributed by atoms with E-state index in [1.807, 2.05) is 18.2 Å². The van der Waals surface area contributed by atoms with E-state index in [0.717, 1.165) is 56.7 Å². The van der Waals surface area contributed by atoms with Crippen molar-refractivity contribution < 1.29 is 8.78 Å². The number of aromatic nitrogens is 3. The molecule has 2 saturated heterocycles. The number of pyridine rings is 1. The molecule has 2 fully saturated rings. The van der Waals surface area contributed by atoms with Gasteiger partial charge in [0.2, 0.25) is 0 Å². The Morgan fingerprint density at radius 3 is 2.46 bits per heavy atom. The van der Waals surface area contributed by atoms with Crippen LogP contribution in [0.15, 0.2) is 48.7 Å². The zero-order valence-electron chi connectivity index (χ0n) is 20.4. The number of nitrogens with zero attached hydrogens (tertiary/aromatic N) is 6. The van der Waals surface area contributed by atoms with Crippen molar-refractivity contribution >= 4 is 22.5 Å². The van der Waals surface area contributed by atoms with Crippen molar-refractivity contribution in [2.24, 2.45) is 5.73 Å². The number of nitriles is 1. The lowest BCUT2D eigenvalue weighted by atomic mass is 10.1. The lowest BCUT2D eigenvalue weighted by Gasteiger charge is -2.32. The fourth-order valence-electron chi connectivity index (χ4n) is 5.47. The third-order valence-electron chi connectivity index (χ3n) is 7.31. The van der Waals surface area contributed by atoms with Crippen LogP contribution < -0.4 is 15.5 Å². The van der Waals surface area contributed by atoms with Crippen LogP contribution in [0.1, 0.15) is 31.2 Å². The molecule has 4 heterocycles. The highest BCUT2D eigenvalue weighted by Gasteiger charge is 2.26. The number of halogens is 2. The molecule has 0 aliphatic carbocycles. The van der Waals surface area contributed by atoms with Crippen LogP contribution in [-0.2, 0) is 0 Å². The molecule has 2 aromatic carbocycles. The fourth-order valence-corrected chi connectivity index (χ4v) is 5.47. The van der Waals surface area contributed by atoms with Crippen LogP contribution in [0.5, 0.6) is 0 Å². The molecule has 4 aromatic rings. The van der Waals surface area contributed by atoms with Crippen molar-refractivity contribution in [1.82, 2.24) is 14.5 Å². The van der Waals surface area contributed by atoms with Gasteiger partial charge in [-0.3, -0.25) is 4.57 Å². The van der Waals surface area contributed by atoms with Crippen LogP contribution in [0, 0.1) is 23.0 Å². The van der Waals surface area contributed by atoms with E-state index >= 15 is 8.78 Å². The summed E-state index contributed by atoms with van der Waals surface area (Å²) in [5.74, 6) is -0.816. The summed E-state index contributed by atoms with van der Waals surface area (Å²) in [7, 11) is 0. The Morgan fingerprint density at radius 1 is 0.919 bits per heavy atom. The smallest absolute Gasteiger partial charge is 0.167 e. The first-order chi connectivity index (χ1) is 18.0. The molecule has 37 heavy (non-hydrogen) atoms. The fraction of sp³-hybridized carbons (Fsp3) is 0.321. The van der Waals surface area contributed by atoms with Crippen LogP contribution in [0.3, 0.4) is 0 Å². The van der Waals surface area contributed by atoms with E-state index in [9.17, 15) is 5.26 Å². The highest BCUT2D eigenvalue weighted by Crippen LogP contribution is 2.36. The molecule has 0 amide bonds. The standard InChI is InChI=1S/C28H27F2N7/c29-22-14-18(16-31)5-7-21(22)27-34-26-25(36-13-3-4-19(32)17-36)9-10-33-28(26)37(27)24-8-6-20(15-23(24)30)35-11-1-2-12-35/h5-10,14-15,19H,1-4,11-13,17,32H2/t19-/m1/s1. The molecule has 188 valence electrons. The first-order valence-corrected chi connectivity index (χ1v) is 12.7. The largest absolute Gasteiger partial charge is 0.371 e. The molecule has 1 atom stereocenters. The van der Waals surface area contributed by atoms with Crippen LogP contribution >= 0.6 is 0 Å². The Morgan fingerprint density at radius 2 is 1.73 bits per heavy atom. The van der Waals surface area contributed by atoms with Gasteiger partial charge in [-0.1, -0.05) is 0 Å². The third-order valence-corrected chi connectivity index (χ3v) is 7.31. The average Bonchev–Trinajstić information content (AvgIpc) is 3.57. The number of anilines is 2. The zero-order chi connectivity index (χ0) is 25.5. The maximum Gasteiger partial charge on any atom is 0.167 e. The minimum Gasteiger partial charge on any atom is -0.371 e. The minimum atomic E-state index is -0.605. The highest BCUT2D eigenvalue weighted by molar-refractivity contribution is 5.91. The number of hydrogen-bond donors (Lipinski definition) is 1. The van der Waals surface area contributed by atoms with Gasteiger partial charge in [-0.25, -0.2) is 18.7 Å². The van der Waals surface area contributed by atoms with Gasteiger partial charge < -0.3 is 15.5 Å². The molecule has 0 unspecified atom stereocenters. The van der Waals surface area contributed by atoms with Crippen LogP contribution in [0.2, 0.25) is 0 Å². The first-order valence-electron chi connectivity index (χ1n) is 12.7. The summed E-state index contributed by atoms with van der Waals surface area (Å²) < 4.78 is 32.6. The van der Waals surface area contributed by atoms with Crippen molar-refractivity contribution in [3.8, 4) is 23.1 Å². The number of rotatable bonds is 4. The van der Waals surface area contributed by atoms with E-state index in [0.29, 0.717) is 17.7 Å². The van der Waals surface area contributed by atoms with Crippen LogP contribution in [0.4, 0.5) is 20.2 Å². The second kappa shape index (κ2) is 9.45. The molecule has 0 spiro atoms. The number of imidazole rings is 1. The van der Waals surface area contributed by atoms with Crippen molar-refractivity contribution in [3.63, 3.8) is 0 Å². The van der Waals surface area contributed by atoms with Gasteiger partial charge in [-0.05, 0) is 68.1 Å². The second-order valence-corrected chi connectivity index (χ2v) is 9.76. The molecule has 0 bridgehead atoms. The summed E-state index contributed by atoms with van der Waals surface area (Å²) in [4.78, 5) is 13.7. The quantitative estimate of drug-likeness (QED) is 0.436. The van der Waals surface area contributed by atoms with Gasteiger partial charge in [-0.15, -0.1) is 0 Å². The Labute approximate surface area is 213 Å². The van der Waals surface area contributed by atoms with Crippen LogP contribution in [0.25, 0.3) is 28.2 Å². The number of nitrogens with two attached hydrogens (primary N) is 1. The molecule has 9 heteroatoms. The summed E-state index contributed by atoms with van der Waals surface area (Å²) >= 11 is 0. The molecule has 6 rings (SSSR count). The van der Waals surface area contributed by atoms with Gasteiger partial charge in [0.15, 0.2) is 5.65 Å². The summed E-state index contributed by atoms with van der Waals surface area (Å²) in [6.07, 6.45) is 5.76. The van der Waals surface area contributed by atoms with E-state index in [2.05, 4.69) is 14.8 Å². The van der Waals surface area contributed by atoms with Gasteiger partial charge in [0.1, 0.15) is 23.0 Å². The van der Waals surface area contributed by atoms with Crippen molar-refractivity contribution in [2.75, 3.05) is 36.0 Å². The minimum absolute atomic E-state index is 0.0464. The summed E-state index contributed by atoms with van der Waals surface area (Å²) in [6.45, 7) is 3.29. The monoisotopic (exact) mass is 499 g/mol. The molecule has 2 aromatic heterocycles. The number of fused-ring (bicyclic) bond motifs is 1. The molecule has 0 radical (unpaired) electrons. The molecule has 2 aliphatic rings. The third kappa shape index (κ3) is 4.17. The number of benzene rings is 2. The van der Waals surface area contributed by atoms with Gasteiger partial charge >= 0.3 is 0 Å². The normalized spacial score (nSPS) is 17.9. The van der Waals surface area contributed by atoms with Gasteiger partial charge in [0.05, 0.1) is 28.6 Å². The number of hydrogen-bond acceptors (Lipinski definition) is 6. The second-order valence-electron chi connectivity index (χ2n) is 9.76. The SMILES string of the molecule is N#Cc1ccc(-c2nc3c(N4CCC[C@@H](N)C4)ccnc3n2-c2ccc(N3CCCC3)cc2F)c(F)c1. The van der Waals surface area contributed by atoms with E-state index in [4.69, 9.17) is 10.7 Å². The predicted octanol–water partition coefficient (Wildman–Crippen LogP) is 4.77. The Bertz CT molecular complexity index is 1520.